The van der Waals surface area contributed by atoms with Crippen LogP contribution in [0.5, 0.6) is 0 Å². The van der Waals surface area contributed by atoms with E-state index in [0.717, 1.165) is 13.1 Å². The lowest BCUT2D eigenvalue weighted by molar-refractivity contribution is 0.736. The molecule has 2 heterocycles. The molecule has 68 valence electrons. The van der Waals surface area contributed by atoms with Crippen LogP contribution >= 0.6 is 0 Å². The topological polar surface area (TPSA) is 24.1 Å². The fourth-order valence-electron chi connectivity index (χ4n) is 2.48. The molecule has 0 amide bonds. The summed E-state index contributed by atoms with van der Waals surface area (Å²) in [4.78, 5) is 0. The second-order valence-electron chi connectivity index (χ2n) is 4.11. The minimum Gasteiger partial charge on any atom is -0.380 e. The quantitative estimate of drug-likeness (QED) is 0.622. The van der Waals surface area contributed by atoms with E-state index in [1.165, 1.54) is 16.8 Å². The summed E-state index contributed by atoms with van der Waals surface area (Å²) >= 11 is 0. The smallest absolute Gasteiger partial charge is 0.0467 e. The molecule has 2 nitrogen and oxygen atoms in total. The molecule has 2 heteroatoms. The van der Waals surface area contributed by atoms with Gasteiger partial charge in [-0.05, 0) is 18.6 Å². The minimum absolute atomic E-state index is 0.636. The van der Waals surface area contributed by atoms with Crippen LogP contribution in [-0.2, 0) is 0 Å². The molecule has 0 aromatic heterocycles. The highest BCUT2D eigenvalue weighted by Gasteiger charge is 2.35. The monoisotopic (exact) mass is 174 g/mol. The molecule has 0 saturated carbocycles. The van der Waals surface area contributed by atoms with Gasteiger partial charge in [-0.1, -0.05) is 17.7 Å². The van der Waals surface area contributed by atoms with Gasteiger partial charge in [-0.15, -0.1) is 0 Å². The fourth-order valence-corrected chi connectivity index (χ4v) is 2.48. The van der Waals surface area contributed by atoms with Crippen molar-refractivity contribution in [3.05, 3.63) is 29.3 Å². The molecule has 2 aliphatic rings. The number of hydrogen-bond donors (Lipinski definition) is 2. The lowest BCUT2D eigenvalue weighted by atomic mass is 9.97. The normalized spacial score (nSPS) is 29.6. The number of anilines is 1. The summed E-state index contributed by atoms with van der Waals surface area (Å²) < 4.78 is 0. The van der Waals surface area contributed by atoms with Crippen molar-refractivity contribution in [1.29, 1.82) is 0 Å². The molecule has 2 atom stereocenters. The average molecular weight is 174 g/mol. The maximum Gasteiger partial charge on any atom is 0.0467 e. The van der Waals surface area contributed by atoms with Gasteiger partial charge < -0.3 is 10.6 Å². The predicted molar refractivity (Wildman–Crippen MR) is 54.2 cm³/mol. The van der Waals surface area contributed by atoms with Gasteiger partial charge in [0.05, 0.1) is 0 Å². The Morgan fingerprint density at radius 1 is 1.31 bits per heavy atom. The van der Waals surface area contributed by atoms with Crippen LogP contribution in [0.3, 0.4) is 0 Å². The van der Waals surface area contributed by atoms with E-state index in [9.17, 15) is 0 Å². The number of aryl methyl sites for hydroxylation is 1. The van der Waals surface area contributed by atoms with Crippen molar-refractivity contribution in [1.82, 2.24) is 5.32 Å². The highest BCUT2D eigenvalue weighted by atomic mass is 15.1. The molecule has 0 radical (unpaired) electrons. The van der Waals surface area contributed by atoms with E-state index in [4.69, 9.17) is 0 Å². The summed E-state index contributed by atoms with van der Waals surface area (Å²) in [5.74, 6) is 0.704. The molecule has 1 saturated heterocycles. The third kappa shape index (κ3) is 0.985. The van der Waals surface area contributed by atoms with Crippen LogP contribution < -0.4 is 10.6 Å². The Morgan fingerprint density at radius 2 is 2.23 bits per heavy atom. The van der Waals surface area contributed by atoms with Crippen molar-refractivity contribution in [2.45, 2.75) is 18.9 Å². The molecule has 2 N–H and O–H groups in total. The first-order valence-electron chi connectivity index (χ1n) is 4.92. The van der Waals surface area contributed by atoms with E-state index in [2.05, 4.69) is 35.8 Å². The van der Waals surface area contributed by atoms with Crippen molar-refractivity contribution in [2.75, 3.05) is 18.4 Å². The van der Waals surface area contributed by atoms with Crippen LogP contribution in [0, 0.1) is 6.92 Å². The molecule has 1 aromatic rings. The summed E-state index contributed by atoms with van der Waals surface area (Å²) in [6.45, 7) is 4.41. The van der Waals surface area contributed by atoms with Crippen molar-refractivity contribution < 1.29 is 0 Å². The summed E-state index contributed by atoms with van der Waals surface area (Å²) in [6.07, 6.45) is 0. The van der Waals surface area contributed by atoms with Crippen LogP contribution in [0.1, 0.15) is 17.0 Å². The van der Waals surface area contributed by atoms with Gasteiger partial charge in [0.25, 0.3) is 0 Å². The van der Waals surface area contributed by atoms with Crippen LogP contribution in [0.25, 0.3) is 0 Å². The first-order chi connectivity index (χ1) is 6.34. The number of rotatable bonds is 0. The van der Waals surface area contributed by atoms with Crippen LogP contribution in [-0.4, -0.2) is 19.1 Å². The van der Waals surface area contributed by atoms with Crippen molar-refractivity contribution in [2.24, 2.45) is 0 Å². The Bertz CT molecular complexity index is 346. The Hall–Kier alpha value is -1.02. The highest BCUT2D eigenvalue weighted by molar-refractivity contribution is 5.61. The second-order valence-corrected chi connectivity index (χ2v) is 4.11. The molecule has 0 aliphatic carbocycles. The van der Waals surface area contributed by atoms with E-state index in [1.807, 2.05) is 0 Å². The number of fused-ring (bicyclic) bond motifs is 3. The summed E-state index contributed by atoms with van der Waals surface area (Å²) in [5, 5.41) is 6.98. The molecule has 2 aliphatic heterocycles. The molecule has 3 rings (SSSR count). The lowest BCUT2D eigenvalue weighted by Crippen LogP contribution is -2.20. The molecular weight excluding hydrogens is 160 g/mol. The van der Waals surface area contributed by atoms with E-state index in [0.29, 0.717) is 12.0 Å². The summed E-state index contributed by atoms with van der Waals surface area (Å²) in [5.41, 5.74) is 4.23. The minimum atomic E-state index is 0.636. The highest BCUT2D eigenvalue weighted by Crippen LogP contribution is 2.37. The van der Waals surface area contributed by atoms with Crippen LogP contribution in [0.2, 0.25) is 0 Å². The first kappa shape index (κ1) is 7.39. The van der Waals surface area contributed by atoms with Gasteiger partial charge in [0, 0.05) is 30.7 Å². The Labute approximate surface area is 78.3 Å². The van der Waals surface area contributed by atoms with Crippen LogP contribution in [0.15, 0.2) is 18.2 Å². The lowest BCUT2D eigenvalue weighted by Gasteiger charge is -2.06. The predicted octanol–water partition coefficient (Wildman–Crippen LogP) is 1.48. The van der Waals surface area contributed by atoms with E-state index < -0.39 is 0 Å². The molecule has 0 spiro atoms. The van der Waals surface area contributed by atoms with Gasteiger partial charge in [-0.3, -0.25) is 0 Å². The maximum atomic E-state index is 3.56. The van der Waals surface area contributed by atoms with Gasteiger partial charge in [0.15, 0.2) is 0 Å². The zero-order valence-electron chi connectivity index (χ0n) is 7.80. The largest absolute Gasteiger partial charge is 0.380 e. The van der Waals surface area contributed by atoms with E-state index >= 15 is 0 Å². The second kappa shape index (κ2) is 2.48. The number of benzene rings is 1. The first-order valence-corrected chi connectivity index (χ1v) is 4.92. The van der Waals surface area contributed by atoms with Crippen molar-refractivity contribution >= 4 is 5.69 Å². The van der Waals surface area contributed by atoms with Crippen LogP contribution in [0.4, 0.5) is 5.69 Å². The Morgan fingerprint density at radius 3 is 3.15 bits per heavy atom. The molecule has 1 aromatic carbocycles. The summed E-state index contributed by atoms with van der Waals surface area (Å²) in [6, 6.07) is 7.35. The van der Waals surface area contributed by atoms with E-state index in [-0.39, 0.29) is 0 Å². The average Bonchev–Trinajstić information content (AvgIpc) is 2.64. The van der Waals surface area contributed by atoms with Gasteiger partial charge in [-0.25, -0.2) is 0 Å². The Balaban J connectivity index is 2.09. The van der Waals surface area contributed by atoms with Crippen molar-refractivity contribution in [3.63, 3.8) is 0 Å². The van der Waals surface area contributed by atoms with Gasteiger partial charge in [0.1, 0.15) is 0 Å². The van der Waals surface area contributed by atoms with E-state index in [1.54, 1.807) is 0 Å². The van der Waals surface area contributed by atoms with Gasteiger partial charge >= 0.3 is 0 Å². The standard InChI is InChI=1S/C11H14N2/c1-7-2-3-10-8(4-7)9-5-12-6-11(9)13-10/h2-4,9,11-13H,5-6H2,1H3. The maximum absolute atomic E-state index is 3.56. The summed E-state index contributed by atoms with van der Waals surface area (Å²) in [7, 11) is 0. The third-order valence-corrected chi connectivity index (χ3v) is 3.16. The molecule has 13 heavy (non-hydrogen) atoms. The SMILES string of the molecule is Cc1ccc2c(c1)C1CNCC1N2. The zero-order chi connectivity index (χ0) is 8.84. The Kier molecular flexibility index (Phi) is 1.41. The number of nitrogens with one attached hydrogen (secondary N) is 2. The van der Waals surface area contributed by atoms with Crippen molar-refractivity contribution in [3.8, 4) is 0 Å². The molecule has 2 unspecified atom stereocenters. The van der Waals surface area contributed by atoms with Gasteiger partial charge in [-0.2, -0.15) is 0 Å². The third-order valence-electron chi connectivity index (χ3n) is 3.16. The van der Waals surface area contributed by atoms with Gasteiger partial charge in [0.2, 0.25) is 0 Å². The molecule has 1 fully saturated rings. The fraction of sp³-hybridized carbons (Fsp3) is 0.455. The molecule has 0 bridgehead atoms. The zero-order valence-corrected chi connectivity index (χ0v) is 7.80. The molecular formula is C11H14N2. The number of hydrogen-bond acceptors (Lipinski definition) is 2.